The first kappa shape index (κ1) is 11.1. The van der Waals surface area contributed by atoms with E-state index in [1.165, 1.54) is 0 Å². The average molecular weight is 245 g/mol. The standard InChI is InChI=1S/C8H11N3O4S/c12-6-7(13)11-8(10-6)9-5-2-1-3-16(14,15)4-5/h5H,1-4H2,(H2,9,10,11,12,13). The minimum Gasteiger partial charge on any atom is -0.288 e. The van der Waals surface area contributed by atoms with E-state index in [0.29, 0.717) is 12.8 Å². The number of nitrogens with zero attached hydrogens (tertiary/aromatic N) is 1. The summed E-state index contributed by atoms with van der Waals surface area (Å²) in [6, 6.07) is -0.382. The zero-order valence-corrected chi connectivity index (χ0v) is 9.21. The van der Waals surface area contributed by atoms with Crippen molar-refractivity contribution in [2.24, 2.45) is 4.99 Å². The van der Waals surface area contributed by atoms with Crippen molar-refractivity contribution in [3.8, 4) is 0 Å². The minimum atomic E-state index is -3.03. The second-order valence-corrected chi connectivity index (χ2v) is 6.03. The smallest absolute Gasteiger partial charge is 0.288 e. The molecule has 2 N–H and O–H groups in total. The van der Waals surface area contributed by atoms with Gasteiger partial charge < -0.3 is 0 Å². The molecule has 2 aliphatic heterocycles. The van der Waals surface area contributed by atoms with Crippen molar-refractivity contribution in [2.45, 2.75) is 18.9 Å². The molecule has 0 aromatic heterocycles. The molecule has 2 heterocycles. The van der Waals surface area contributed by atoms with E-state index in [9.17, 15) is 18.0 Å². The van der Waals surface area contributed by atoms with Crippen molar-refractivity contribution < 1.29 is 18.0 Å². The maximum absolute atomic E-state index is 11.3. The number of amides is 2. The third kappa shape index (κ3) is 2.38. The molecule has 8 heteroatoms. The Labute approximate surface area is 92.2 Å². The molecule has 0 spiro atoms. The zero-order chi connectivity index (χ0) is 11.8. The van der Waals surface area contributed by atoms with Crippen LogP contribution in [-0.4, -0.2) is 43.7 Å². The number of aliphatic imine (C=N–C) groups is 1. The molecule has 2 aliphatic rings. The SMILES string of the molecule is O=C1NC(=NC2CCCS(=O)(=O)C2)NC1=O. The quantitative estimate of drug-likeness (QED) is 0.530. The second kappa shape index (κ2) is 3.85. The van der Waals surface area contributed by atoms with Gasteiger partial charge in [0.15, 0.2) is 9.84 Å². The summed E-state index contributed by atoms with van der Waals surface area (Å²) >= 11 is 0. The number of nitrogens with one attached hydrogen (secondary N) is 2. The lowest BCUT2D eigenvalue weighted by atomic mass is 10.2. The van der Waals surface area contributed by atoms with E-state index in [1.807, 2.05) is 0 Å². The van der Waals surface area contributed by atoms with Crippen LogP contribution in [0.1, 0.15) is 12.8 Å². The molecule has 1 unspecified atom stereocenters. The Morgan fingerprint density at radius 3 is 2.38 bits per heavy atom. The second-order valence-electron chi connectivity index (χ2n) is 3.80. The van der Waals surface area contributed by atoms with Gasteiger partial charge in [-0.05, 0) is 12.8 Å². The van der Waals surface area contributed by atoms with Gasteiger partial charge in [0, 0.05) is 0 Å². The van der Waals surface area contributed by atoms with E-state index >= 15 is 0 Å². The number of sulfone groups is 1. The Morgan fingerprint density at radius 2 is 1.81 bits per heavy atom. The number of guanidine groups is 1. The van der Waals surface area contributed by atoms with Gasteiger partial charge in [-0.1, -0.05) is 0 Å². The summed E-state index contributed by atoms with van der Waals surface area (Å²) < 4.78 is 22.6. The van der Waals surface area contributed by atoms with Crippen LogP contribution in [0.3, 0.4) is 0 Å². The third-order valence-electron chi connectivity index (χ3n) is 2.42. The lowest BCUT2D eigenvalue weighted by Gasteiger charge is -2.18. The van der Waals surface area contributed by atoms with Crippen molar-refractivity contribution >= 4 is 27.6 Å². The highest BCUT2D eigenvalue weighted by atomic mass is 32.2. The fourth-order valence-electron chi connectivity index (χ4n) is 1.71. The summed E-state index contributed by atoms with van der Waals surface area (Å²) in [5.41, 5.74) is 0. The van der Waals surface area contributed by atoms with Gasteiger partial charge in [-0.15, -0.1) is 0 Å². The fraction of sp³-hybridized carbons (Fsp3) is 0.625. The Hall–Kier alpha value is -1.44. The Bertz CT molecular complexity index is 450. The number of carbonyl (C=O) groups excluding carboxylic acids is 2. The van der Waals surface area contributed by atoms with Crippen LogP contribution < -0.4 is 10.6 Å². The van der Waals surface area contributed by atoms with Gasteiger partial charge in [-0.25, -0.2) is 13.4 Å². The molecule has 2 saturated heterocycles. The Kier molecular flexibility index (Phi) is 2.66. The molecular formula is C8H11N3O4S. The van der Waals surface area contributed by atoms with Crippen molar-refractivity contribution in [2.75, 3.05) is 11.5 Å². The summed E-state index contributed by atoms with van der Waals surface area (Å²) in [6.07, 6.45) is 1.21. The molecule has 88 valence electrons. The predicted molar refractivity (Wildman–Crippen MR) is 55.4 cm³/mol. The number of hydrogen-bond acceptors (Lipinski definition) is 5. The molecule has 2 rings (SSSR count). The molecule has 0 aliphatic carbocycles. The first-order chi connectivity index (χ1) is 7.46. The van der Waals surface area contributed by atoms with E-state index in [-0.39, 0.29) is 23.5 Å². The topological polar surface area (TPSA) is 105 Å². The van der Waals surface area contributed by atoms with E-state index in [1.54, 1.807) is 0 Å². The van der Waals surface area contributed by atoms with Gasteiger partial charge in [0.2, 0.25) is 5.96 Å². The van der Waals surface area contributed by atoms with Gasteiger partial charge in [-0.2, -0.15) is 0 Å². The van der Waals surface area contributed by atoms with Crippen LogP contribution >= 0.6 is 0 Å². The fourth-order valence-corrected chi connectivity index (χ4v) is 3.31. The molecule has 0 saturated carbocycles. The van der Waals surface area contributed by atoms with Gasteiger partial charge in [-0.3, -0.25) is 20.2 Å². The molecule has 7 nitrogen and oxygen atoms in total. The first-order valence-electron chi connectivity index (χ1n) is 4.87. The molecule has 0 radical (unpaired) electrons. The lowest BCUT2D eigenvalue weighted by Crippen LogP contribution is -2.33. The predicted octanol–water partition coefficient (Wildman–Crippen LogP) is -1.83. The highest BCUT2D eigenvalue weighted by molar-refractivity contribution is 7.91. The summed E-state index contributed by atoms with van der Waals surface area (Å²) in [7, 11) is -3.03. The Balaban J connectivity index is 2.07. The van der Waals surface area contributed by atoms with E-state index < -0.39 is 21.7 Å². The highest BCUT2D eigenvalue weighted by Crippen LogP contribution is 2.15. The summed E-state index contributed by atoms with van der Waals surface area (Å²) in [4.78, 5) is 25.7. The molecule has 0 aromatic carbocycles. The van der Waals surface area contributed by atoms with E-state index in [0.717, 1.165) is 0 Å². The van der Waals surface area contributed by atoms with Crippen LogP contribution in [0.25, 0.3) is 0 Å². The van der Waals surface area contributed by atoms with Crippen molar-refractivity contribution in [3.05, 3.63) is 0 Å². The van der Waals surface area contributed by atoms with Crippen molar-refractivity contribution in [1.29, 1.82) is 0 Å². The molecule has 1 atom stereocenters. The normalized spacial score (nSPS) is 28.5. The van der Waals surface area contributed by atoms with Gasteiger partial charge in [0.05, 0.1) is 17.5 Å². The largest absolute Gasteiger partial charge is 0.316 e. The molecule has 0 bridgehead atoms. The van der Waals surface area contributed by atoms with Crippen LogP contribution in [0.2, 0.25) is 0 Å². The van der Waals surface area contributed by atoms with Crippen LogP contribution in [0, 0.1) is 0 Å². The van der Waals surface area contributed by atoms with Gasteiger partial charge >= 0.3 is 11.8 Å². The number of carbonyl (C=O) groups is 2. The average Bonchev–Trinajstić information content (AvgIpc) is 2.43. The summed E-state index contributed by atoms with van der Waals surface area (Å²) in [5, 5.41) is 4.47. The number of hydrogen-bond donors (Lipinski definition) is 2. The minimum absolute atomic E-state index is 0.0256. The molecule has 2 amide bonds. The lowest BCUT2D eigenvalue weighted by molar-refractivity contribution is -0.135. The van der Waals surface area contributed by atoms with Crippen molar-refractivity contribution in [3.63, 3.8) is 0 Å². The van der Waals surface area contributed by atoms with Gasteiger partial charge in [0.25, 0.3) is 0 Å². The van der Waals surface area contributed by atoms with Crippen molar-refractivity contribution in [1.82, 2.24) is 10.6 Å². The third-order valence-corrected chi connectivity index (χ3v) is 4.22. The van der Waals surface area contributed by atoms with Crippen LogP contribution in [-0.2, 0) is 19.4 Å². The van der Waals surface area contributed by atoms with Crippen LogP contribution in [0.5, 0.6) is 0 Å². The molecule has 0 aromatic rings. The monoisotopic (exact) mass is 245 g/mol. The zero-order valence-electron chi connectivity index (χ0n) is 8.39. The highest BCUT2D eigenvalue weighted by Gasteiger charge is 2.29. The van der Waals surface area contributed by atoms with E-state index in [2.05, 4.69) is 15.6 Å². The maximum Gasteiger partial charge on any atom is 0.316 e. The van der Waals surface area contributed by atoms with E-state index in [4.69, 9.17) is 0 Å². The summed E-state index contributed by atoms with van der Waals surface area (Å²) in [5.74, 6) is -1.32. The maximum atomic E-state index is 11.3. The summed E-state index contributed by atoms with van der Waals surface area (Å²) in [6.45, 7) is 0. The molecule has 16 heavy (non-hydrogen) atoms. The van der Waals surface area contributed by atoms with Gasteiger partial charge in [0.1, 0.15) is 0 Å². The van der Waals surface area contributed by atoms with Crippen LogP contribution in [0.4, 0.5) is 0 Å². The molecule has 2 fully saturated rings. The molecular weight excluding hydrogens is 234 g/mol. The number of rotatable bonds is 1. The van der Waals surface area contributed by atoms with Crippen LogP contribution in [0.15, 0.2) is 4.99 Å². The Morgan fingerprint density at radius 1 is 1.19 bits per heavy atom. The first-order valence-corrected chi connectivity index (χ1v) is 6.69.